The Balaban J connectivity index is 1.58. The number of carbonyl (C=O) groups excluding carboxylic acids is 2. The lowest BCUT2D eigenvalue weighted by molar-refractivity contribution is -0.114. The lowest BCUT2D eigenvalue weighted by atomic mass is 10.1. The predicted octanol–water partition coefficient (Wildman–Crippen LogP) is 4.07. The minimum Gasteiger partial charge on any atom is -0.494 e. The molecule has 0 aliphatic heterocycles. The van der Waals surface area contributed by atoms with Crippen LogP contribution in [0.2, 0.25) is 0 Å². The van der Waals surface area contributed by atoms with Gasteiger partial charge in [0.25, 0.3) is 5.22 Å². The molecule has 1 N–H and O–H groups in total. The molecular weight excluding hydrogens is 378 g/mol. The quantitative estimate of drug-likeness (QED) is 0.452. The first kappa shape index (κ1) is 19.6. The zero-order valence-corrected chi connectivity index (χ0v) is 16.3. The van der Waals surface area contributed by atoms with Gasteiger partial charge in [-0.25, -0.2) is 0 Å². The number of hydrogen-bond donors (Lipinski definition) is 1. The van der Waals surface area contributed by atoms with Gasteiger partial charge >= 0.3 is 0 Å². The zero-order valence-electron chi connectivity index (χ0n) is 15.5. The minimum atomic E-state index is -0.138. The van der Waals surface area contributed by atoms with E-state index >= 15 is 0 Å². The largest absolute Gasteiger partial charge is 0.494 e. The Bertz CT molecular complexity index is 952. The molecular formula is C20H19N3O4S. The lowest BCUT2D eigenvalue weighted by Crippen LogP contribution is -2.05. The van der Waals surface area contributed by atoms with Crippen molar-refractivity contribution >= 4 is 29.1 Å². The van der Waals surface area contributed by atoms with Crippen molar-refractivity contribution in [3.05, 3.63) is 54.1 Å². The molecule has 3 rings (SSSR count). The normalized spacial score (nSPS) is 10.5. The summed E-state index contributed by atoms with van der Waals surface area (Å²) in [7, 11) is 0. The molecule has 0 spiro atoms. The number of rotatable bonds is 8. The van der Waals surface area contributed by atoms with Crippen LogP contribution in [0.15, 0.2) is 58.2 Å². The number of ether oxygens (including phenoxy) is 1. The summed E-state index contributed by atoms with van der Waals surface area (Å²) >= 11 is 1.19. The van der Waals surface area contributed by atoms with Crippen LogP contribution >= 0.6 is 11.8 Å². The highest BCUT2D eigenvalue weighted by molar-refractivity contribution is 7.99. The molecule has 3 aromatic rings. The van der Waals surface area contributed by atoms with E-state index in [9.17, 15) is 9.59 Å². The Hall–Kier alpha value is -3.13. The molecule has 1 aromatic heterocycles. The average molecular weight is 397 g/mol. The van der Waals surface area contributed by atoms with E-state index in [0.717, 1.165) is 11.3 Å². The van der Waals surface area contributed by atoms with Gasteiger partial charge in [0.15, 0.2) is 5.78 Å². The molecule has 0 aliphatic rings. The summed E-state index contributed by atoms with van der Waals surface area (Å²) in [5.74, 6) is 1.11. The highest BCUT2D eigenvalue weighted by atomic mass is 32.2. The van der Waals surface area contributed by atoms with E-state index in [1.165, 1.54) is 18.7 Å². The zero-order chi connectivity index (χ0) is 19.9. The Morgan fingerprint density at radius 2 is 1.79 bits per heavy atom. The Morgan fingerprint density at radius 1 is 1.07 bits per heavy atom. The number of amides is 1. The summed E-state index contributed by atoms with van der Waals surface area (Å²) in [4.78, 5) is 23.4. The van der Waals surface area contributed by atoms with Crippen LogP contribution in [0.25, 0.3) is 11.5 Å². The van der Waals surface area contributed by atoms with Gasteiger partial charge < -0.3 is 14.5 Å². The van der Waals surface area contributed by atoms with Crippen LogP contribution in [0.5, 0.6) is 5.75 Å². The van der Waals surface area contributed by atoms with Crippen LogP contribution in [0.4, 0.5) is 5.69 Å². The van der Waals surface area contributed by atoms with Crippen molar-refractivity contribution in [2.75, 3.05) is 17.7 Å². The maximum atomic E-state index is 12.3. The van der Waals surface area contributed by atoms with Gasteiger partial charge in [0.2, 0.25) is 11.8 Å². The van der Waals surface area contributed by atoms with Crippen LogP contribution in [-0.4, -0.2) is 34.2 Å². The van der Waals surface area contributed by atoms with E-state index in [4.69, 9.17) is 9.15 Å². The van der Waals surface area contributed by atoms with Crippen molar-refractivity contribution in [1.29, 1.82) is 0 Å². The maximum absolute atomic E-state index is 12.3. The summed E-state index contributed by atoms with van der Waals surface area (Å²) in [6.07, 6.45) is 0. The second-order valence-electron chi connectivity index (χ2n) is 5.80. The molecule has 0 radical (unpaired) electrons. The maximum Gasteiger partial charge on any atom is 0.277 e. The number of benzene rings is 2. The Kier molecular flexibility index (Phi) is 6.44. The SMILES string of the molecule is CCOc1ccc(C(=O)CSc2nnc(-c3ccc(NC(C)=O)cc3)o2)cc1. The van der Waals surface area contributed by atoms with Crippen molar-refractivity contribution < 1.29 is 18.7 Å². The number of ketones is 1. The van der Waals surface area contributed by atoms with E-state index in [1.807, 2.05) is 6.92 Å². The second-order valence-corrected chi connectivity index (χ2v) is 6.73. The number of aromatic nitrogens is 2. The molecule has 0 atom stereocenters. The number of carbonyl (C=O) groups is 2. The predicted molar refractivity (Wildman–Crippen MR) is 107 cm³/mol. The molecule has 28 heavy (non-hydrogen) atoms. The van der Waals surface area contributed by atoms with Crippen molar-refractivity contribution in [1.82, 2.24) is 10.2 Å². The van der Waals surface area contributed by atoms with Crippen molar-refractivity contribution in [3.8, 4) is 17.2 Å². The fourth-order valence-corrected chi connectivity index (χ4v) is 3.06. The number of hydrogen-bond acceptors (Lipinski definition) is 7. The molecule has 1 heterocycles. The molecule has 0 unspecified atom stereocenters. The summed E-state index contributed by atoms with van der Waals surface area (Å²) in [6, 6.07) is 14.1. The third-order valence-corrected chi connectivity index (χ3v) is 4.49. The highest BCUT2D eigenvalue weighted by Crippen LogP contribution is 2.25. The monoisotopic (exact) mass is 397 g/mol. The van der Waals surface area contributed by atoms with Crippen LogP contribution < -0.4 is 10.1 Å². The molecule has 0 saturated carbocycles. The average Bonchev–Trinajstić information content (AvgIpc) is 3.16. The Labute approximate surface area is 166 Å². The van der Waals surface area contributed by atoms with Gasteiger partial charge in [-0.1, -0.05) is 11.8 Å². The standard InChI is InChI=1S/C20H19N3O4S/c1-3-26-17-10-6-14(7-11-17)18(25)12-28-20-23-22-19(27-20)15-4-8-16(9-5-15)21-13(2)24/h4-11H,3,12H2,1-2H3,(H,21,24). The molecule has 144 valence electrons. The second kappa shape index (κ2) is 9.18. The first-order valence-electron chi connectivity index (χ1n) is 8.65. The number of thioether (sulfide) groups is 1. The molecule has 0 aliphatic carbocycles. The van der Waals surface area contributed by atoms with Crippen molar-refractivity contribution in [2.45, 2.75) is 19.1 Å². The van der Waals surface area contributed by atoms with E-state index in [1.54, 1.807) is 48.5 Å². The summed E-state index contributed by atoms with van der Waals surface area (Å²) < 4.78 is 11.0. The topological polar surface area (TPSA) is 94.3 Å². The van der Waals surface area contributed by atoms with Crippen LogP contribution in [-0.2, 0) is 4.79 Å². The van der Waals surface area contributed by atoms with Crippen LogP contribution in [0.1, 0.15) is 24.2 Å². The first-order valence-corrected chi connectivity index (χ1v) is 9.64. The first-order chi connectivity index (χ1) is 13.5. The van der Waals surface area contributed by atoms with Gasteiger partial charge in [0.05, 0.1) is 12.4 Å². The summed E-state index contributed by atoms with van der Waals surface area (Å²) in [5.41, 5.74) is 2.02. The van der Waals surface area contributed by atoms with E-state index < -0.39 is 0 Å². The molecule has 7 nitrogen and oxygen atoms in total. The van der Waals surface area contributed by atoms with E-state index in [2.05, 4.69) is 15.5 Å². The van der Waals surface area contributed by atoms with E-state index in [0.29, 0.717) is 29.0 Å². The van der Waals surface area contributed by atoms with Crippen molar-refractivity contribution in [3.63, 3.8) is 0 Å². The lowest BCUT2D eigenvalue weighted by Gasteiger charge is -2.03. The Morgan fingerprint density at radius 3 is 2.43 bits per heavy atom. The molecule has 2 aromatic carbocycles. The number of Topliss-reactive ketones (excluding diaryl/α,β-unsaturated/α-hetero) is 1. The number of nitrogens with one attached hydrogen (secondary N) is 1. The number of nitrogens with zero attached hydrogens (tertiary/aromatic N) is 2. The molecule has 0 fully saturated rings. The summed E-state index contributed by atoms with van der Waals surface area (Å²) in [5, 5.41) is 11.0. The fraction of sp³-hybridized carbons (Fsp3) is 0.200. The molecule has 1 amide bonds. The van der Waals surface area contributed by atoms with E-state index in [-0.39, 0.29) is 17.4 Å². The van der Waals surface area contributed by atoms with Gasteiger partial charge in [0, 0.05) is 23.7 Å². The molecule has 0 bridgehead atoms. The van der Waals surface area contributed by atoms with Gasteiger partial charge in [-0.15, -0.1) is 10.2 Å². The molecule has 0 saturated heterocycles. The summed E-state index contributed by atoms with van der Waals surface area (Å²) in [6.45, 7) is 3.94. The van der Waals surface area contributed by atoms with Gasteiger partial charge in [-0.2, -0.15) is 0 Å². The van der Waals surface area contributed by atoms with Gasteiger partial charge in [0.1, 0.15) is 5.75 Å². The molecule has 8 heteroatoms. The van der Waals surface area contributed by atoms with Gasteiger partial charge in [-0.05, 0) is 55.5 Å². The fourth-order valence-electron chi connectivity index (χ4n) is 2.40. The van der Waals surface area contributed by atoms with Crippen LogP contribution in [0, 0.1) is 0 Å². The third kappa shape index (κ3) is 5.20. The minimum absolute atomic E-state index is 0.0348. The van der Waals surface area contributed by atoms with Crippen LogP contribution in [0.3, 0.4) is 0 Å². The smallest absolute Gasteiger partial charge is 0.277 e. The number of anilines is 1. The third-order valence-electron chi connectivity index (χ3n) is 3.67. The van der Waals surface area contributed by atoms with Crippen molar-refractivity contribution in [2.24, 2.45) is 0 Å². The van der Waals surface area contributed by atoms with Gasteiger partial charge in [-0.3, -0.25) is 9.59 Å². The highest BCUT2D eigenvalue weighted by Gasteiger charge is 2.13.